The molecule has 0 spiro atoms. The number of nitrogens with zero attached hydrogens (tertiary/aromatic N) is 4. The highest BCUT2D eigenvalue weighted by molar-refractivity contribution is 5.78. The average Bonchev–Trinajstić information content (AvgIpc) is 2.77. The van der Waals surface area contributed by atoms with Gasteiger partial charge in [-0.1, -0.05) is 18.2 Å². The molecule has 0 unspecified atom stereocenters. The van der Waals surface area contributed by atoms with E-state index < -0.39 is 0 Å². The second kappa shape index (κ2) is 9.22. The van der Waals surface area contributed by atoms with Crippen molar-refractivity contribution in [1.29, 1.82) is 0 Å². The molecule has 29 heavy (non-hydrogen) atoms. The Morgan fingerprint density at radius 3 is 2.41 bits per heavy atom. The van der Waals surface area contributed by atoms with E-state index in [4.69, 9.17) is 0 Å². The number of carbonyl (C=O) groups excluding carboxylic acids is 1. The molecule has 0 atom stereocenters. The maximum Gasteiger partial charge on any atom is 0.236 e. The number of amides is 1. The molecule has 0 radical (unpaired) electrons. The Bertz CT molecular complexity index is 802. The number of carbonyl (C=O) groups is 1. The number of pyridine rings is 1. The van der Waals surface area contributed by atoms with E-state index in [0.717, 1.165) is 57.9 Å². The summed E-state index contributed by atoms with van der Waals surface area (Å²) >= 11 is 0. The maximum absolute atomic E-state index is 13.8. The highest BCUT2D eigenvalue weighted by atomic mass is 19.1. The predicted molar refractivity (Wildman–Crippen MR) is 113 cm³/mol. The third-order valence-electron chi connectivity index (χ3n) is 5.79. The van der Waals surface area contributed by atoms with Crippen LogP contribution in [0.2, 0.25) is 0 Å². The summed E-state index contributed by atoms with van der Waals surface area (Å²) in [7, 11) is 0. The van der Waals surface area contributed by atoms with Gasteiger partial charge in [0.25, 0.3) is 0 Å². The fourth-order valence-corrected chi connectivity index (χ4v) is 4.04. The lowest BCUT2D eigenvalue weighted by molar-refractivity contribution is -0.133. The van der Waals surface area contributed by atoms with Crippen LogP contribution in [-0.4, -0.2) is 72.5 Å². The maximum atomic E-state index is 13.8. The van der Waals surface area contributed by atoms with Gasteiger partial charge >= 0.3 is 0 Å². The van der Waals surface area contributed by atoms with Gasteiger partial charge in [-0.25, -0.2) is 9.37 Å². The Labute approximate surface area is 171 Å². The number of aromatic nitrogens is 1. The minimum absolute atomic E-state index is 0.195. The van der Waals surface area contributed by atoms with Crippen molar-refractivity contribution < 1.29 is 9.18 Å². The molecule has 0 saturated carbocycles. The largest absolute Gasteiger partial charge is 0.380 e. The highest BCUT2D eigenvalue weighted by Gasteiger charge is 2.26. The third kappa shape index (κ3) is 5.03. The molecule has 2 aliphatic rings. The van der Waals surface area contributed by atoms with Crippen molar-refractivity contribution in [2.45, 2.75) is 18.9 Å². The number of anilines is 2. The lowest BCUT2D eigenvalue weighted by atomic mass is 10.0. The van der Waals surface area contributed by atoms with Gasteiger partial charge in [0.15, 0.2) is 0 Å². The first-order chi connectivity index (χ1) is 14.2. The fourth-order valence-electron chi connectivity index (χ4n) is 4.04. The predicted octanol–water partition coefficient (Wildman–Crippen LogP) is 2.45. The molecular weight excluding hydrogens is 369 g/mol. The molecule has 0 bridgehead atoms. The Morgan fingerprint density at radius 2 is 1.72 bits per heavy atom. The van der Waals surface area contributed by atoms with Gasteiger partial charge < -0.3 is 15.1 Å². The van der Waals surface area contributed by atoms with Gasteiger partial charge in [0.1, 0.15) is 11.6 Å². The van der Waals surface area contributed by atoms with Crippen LogP contribution < -0.4 is 10.2 Å². The summed E-state index contributed by atoms with van der Waals surface area (Å²) in [6.07, 6.45) is 3.50. The molecule has 1 aromatic carbocycles. The molecule has 6 nitrogen and oxygen atoms in total. The van der Waals surface area contributed by atoms with Crippen molar-refractivity contribution in [2.75, 3.05) is 56.0 Å². The number of piperidine rings is 1. The van der Waals surface area contributed by atoms with Gasteiger partial charge in [-0.05, 0) is 37.1 Å². The van der Waals surface area contributed by atoms with Crippen LogP contribution in [0.25, 0.3) is 0 Å². The molecule has 2 fully saturated rings. The van der Waals surface area contributed by atoms with Crippen molar-refractivity contribution in [3.63, 3.8) is 0 Å². The molecule has 154 valence electrons. The molecule has 0 aliphatic carbocycles. The molecule has 1 N–H and O–H groups in total. The standard InChI is InChI=1S/C22H28FN5O/c23-19-5-1-2-6-20(19)25-18-8-11-28(12-9-18)22(29)17-26-13-15-27(16-14-26)21-7-3-4-10-24-21/h1-7,10,18,25H,8-9,11-17H2. The second-order valence-electron chi connectivity index (χ2n) is 7.73. The minimum Gasteiger partial charge on any atom is -0.380 e. The summed E-state index contributed by atoms with van der Waals surface area (Å²) in [5.74, 6) is 0.972. The molecule has 2 saturated heterocycles. The molecule has 2 aromatic rings. The first-order valence-electron chi connectivity index (χ1n) is 10.4. The first kappa shape index (κ1) is 19.6. The topological polar surface area (TPSA) is 51.7 Å². The monoisotopic (exact) mass is 397 g/mol. The number of rotatable bonds is 5. The fraction of sp³-hybridized carbons (Fsp3) is 0.455. The third-order valence-corrected chi connectivity index (χ3v) is 5.79. The molecule has 3 heterocycles. The van der Waals surface area contributed by atoms with E-state index in [9.17, 15) is 9.18 Å². The molecule has 1 amide bonds. The smallest absolute Gasteiger partial charge is 0.236 e. The van der Waals surface area contributed by atoms with Crippen LogP contribution in [0, 0.1) is 5.82 Å². The van der Waals surface area contributed by atoms with Gasteiger partial charge in [-0.15, -0.1) is 0 Å². The normalized spacial score (nSPS) is 18.7. The number of benzene rings is 1. The zero-order chi connectivity index (χ0) is 20.1. The summed E-state index contributed by atoms with van der Waals surface area (Å²) in [6.45, 7) is 5.43. The first-order valence-corrected chi connectivity index (χ1v) is 10.4. The number of para-hydroxylation sites is 1. The summed E-state index contributed by atoms with van der Waals surface area (Å²) in [5, 5.41) is 3.28. The minimum atomic E-state index is -0.226. The van der Waals surface area contributed by atoms with E-state index in [1.54, 1.807) is 12.1 Å². The van der Waals surface area contributed by atoms with Gasteiger partial charge in [-0.3, -0.25) is 9.69 Å². The van der Waals surface area contributed by atoms with E-state index in [0.29, 0.717) is 12.2 Å². The molecule has 7 heteroatoms. The zero-order valence-electron chi connectivity index (χ0n) is 16.6. The SMILES string of the molecule is O=C(CN1CCN(c2ccccn2)CC1)N1CCC(Nc2ccccc2F)CC1. The van der Waals surface area contributed by atoms with Crippen molar-refractivity contribution in [2.24, 2.45) is 0 Å². The number of nitrogens with one attached hydrogen (secondary N) is 1. The Balaban J connectivity index is 1.20. The number of halogens is 1. The summed E-state index contributed by atoms with van der Waals surface area (Å²) in [4.78, 5) is 23.6. The van der Waals surface area contributed by atoms with E-state index in [1.807, 2.05) is 35.4 Å². The summed E-state index contributed by atoms with van der Waals surface area (Å²) < 4.78 is 13.8. The number of hydrogen-bond acceptors (Lipinski definition) is 5. The van der Waals surface area contributed by atoms with Crippen LogP contribution >= 0.6 is 0 Å². The number of likely N-dealkylation sites (tertiary alicyclic amines) is 1. The molecule has 1 aromatic heterocycles. The quantitative estimate of drug-likeness (QED) is 0.840. The van der Waals surface area contributed by atoms with Gasteiger partial charge in [0.05, 0.1) is 12.2 Å². The van der Waals surface area contributed by atoms with Crippen LogP contribution in [0.15, 0.2) is 48.7 Å². The highest BCUT2D eigenvalue weighted by Crippen LogP contribution is 2.19. The van der Waals surface area contributed by atoms with E-state index in [2.05, 4.69) is 20.1 Å². The zero-order valence-corrected chi connectivity index (χ0v) is 16.6. The van der Waals surface area contributed by atoms with Crippen LogP contribution in [-0.2, 0) is 4.79 Å². The molecule has 2 aliphatic heterocycles. The lowest BCUT2D eigenvalue weighted by Gasteiger charge is -2.37. The van der Waals surface area contributed by atoms with E-state index >= 15 is 0 Å². The van der Waals surface area contributed by atoms with Gasteiger partial charge in [0.2, 0.25) is 5.91 Å². The van der Waals surface area contributed by atoms with Crippen molar-refractivity contribution >= 4 is 17.4 Å². The number of piperazine rings is 1. The average molecular weight is 397 g/mol. The Morgan fingerprint density at radius 1 is 1.00 bits per heavy atom. The Hall–Kier alpha value is -2.67. The number of hydrogen-bond donors (Lipinski definition) is 1. The van der Waals surface area contributed by atoms with Crippen molar-refractivity contribution in [3.05, 3.63) is 54.5 Å². The summed E-state index contributed by atoms with van der Waals surface area (Å²) in [6, 6.07) is 12.9. The van der Waals surface area contributed by atoms with Crippen molar-refractivity contribution in [1.82, 2.24) is 14.8 Å². The van der Waals surface area contributed by atoms with Crippen LogP contribution in [0.4, 0.5) is 15.9 Å². The van der Waals surface area contributed by atoms with Crippen LogP contribution in [0.1, 0.15) is 12.8 Å². The second-order valence-corrected chi connectivity index (χ2v) is 7.73. The molecule has 4 rings (SSSR count). The Kier molecular flexibility index (Phi) is 6.24. The van der Waals surface area contributed by atoms with E-state index in [1.165, 1.54) is 6.07 Å². The lowest BCUT2D eigenvalue weighted by Crippen LogP contribution is -2.51. The van der Waals surface area contributed by atoms with Gasteiger partial charge in [-0.2, -0.15) is 0 Å². The summed E-state index contributed by atoms with van der Waals surface area (Å²) in [5.41, 5.74) is 0.544. The molecular formula is C22H28FN5O. The van der Waals surface area contributed by atoms with E-state index in [-0.39, 0.29) is 17.8 Å². The van der Waals surface area contributed by atoms with Crippen LogP contribution in [0.5, 0.6) is 0 Å². The van der Waals surface area contributed by atoms with Crippen molar-refractivity contribution in [3.8, 4) is 0 Å². The van der Waals surface area contributed by atoms with Gasteiger partial charge in [0, 0.05) is 51.5 Å². The van der Waals surface area contributed by atoms with Crippen LogP contribution in [0.3, 0.4) is 0 Å².